The van der Waals surface area contributed by atoms with Crippen LogP contribution in [0.5, 0.6) is 5.75 Å². The molecule has 0 bridgehead atoms. The van der Waals surface area contributed by atoms with E-state index in [2.05, 4.69) is 4.74 Å². The van der Waals surface area contributed by atoms with E-state index in [1.54, 1.807) is 11.9 Å². The molecular weight excluding hydrogens is 294 g/mol. The molecule has 0 aliphatic carbocycles. The summed E-state index contributed by atoms with van der Waals surface area (Å²) in [5.74, 6) is -1.41. The second-order valence-electron chi connectivity index (χ2n) is 4.61. The van der Waals surface area contributed by atoms with Gasteiger partial charge in [-0.2, -0.15) is 0 Å². The van der Waals surface area contributed by atoms with Gasteiger partial charge in [-0.1, -0.05) is 6.07 Å². The second-order valence-corrected chi connectivity index (χ2v) is 4.61. The lowest BCUT2D eigenvalue weighted by molar-refractivity contribution is -0.275. The number of hydrogen-bond acceptors (Lipinski definition) is 4. The highest BCUT2D eigenvalue weighted by Gasteiger charge is 2.32. The van der Waals surface area contributed by atoms with Crippen LogP contribution in [-0.4, -0.2) is 49.8 Å². The Morgan fingerprint density at radius 3 is 2.57 bits per heavy atom. The summed E-state index contributed by atoms with van der Waals surface area (Å²) in [6.45, 7) is 0.364. The Kier molecular flexibility index (Phi) is 6.38. The Morgan fingerprint density at radius 1 is 1.33 bits per heavy atom. The van der Waals surface area contributed by atoms with Crippen LogP contribution in [0.1, 0.15) is 5.56 Å². The number of aliphatic hydroxyl groups is 1. The number of hydrogen-bond donors (Lipinski definition) is 1. The molecule has 21 heavy (non-hydrogen) atoms. The van der Waals surface area contributed by atoms with Crippen molar-refractivity contribution in [3.63, 3.8) is 0 Å². The highest BCUT2D eigenvalue weighted by atomic mass is 19.4. The highest BCUT2D eigenvalue weighted by molar-refractivity contribution is 5.34. The SMILES string of the molecule is COCC(O)CN(C)Cc1ccc(F)cc1OC(F)(F)F. The van der Waals surface area contributed by atoms with Crippen molar-refractivity contribution in [3.8, 4) is 5.75 Å². The fraction of sp³-hybridized carbons (Fsp3) is 0.538. The quantitative estimate of drug-likeness (QED) is 0.784. The lowest BCUT2D eigenvalue weighted by Crippen LogP contribution is -2.32. The Morgan fingerprint density at radius 2 is 2.00 bits per heavy atom. The molecule has 1 atom stereocenters. The van der Waals surface area contributed by atoms with Gasteiger partial charge in [0, 0.05) is 31.8 Å². The third-order valence-corrected chi connectivity index (χ3v) is 2.58. The van der Waals surface area contributed by atoms with E-state index in [9.17, 15) is 22.7 Å². The van der Waals surface area contributed by atoms with Gasteiger partial charge >= 0.3 is 6.36 Å². The zero-order valence-electron chi connectivity index (χ0n) is 11.7. The monoisotopic (exact) mass is 311 g/mol. The number of alkyl halides is 3. The number of ether oxygens (including phenoxy) is 2. The molecule has 1 aromatic carbocycles. The molecule has 1 N–H and O–H groups in total. The Bertz CT molecular complexity index is 454. The van der Waals surface area contributed by atoms with E-state index in [4.69, 9.17) is 4.74 Å². The Balaban J connectivity index is 2.77. The molecule has 0 radical (unpaired) electrons. The van der Waals surface area contributed by atoms with Crippen LogP contribution in [0.2, 0.25) is 0 Å². The van der Waals surface area contributed by atoms with Crippen LogP contribution in [0, 0.1) is 5.82 Å². The smallest absolute Gasteiger partial charge is 0.405 e. The van der Waals surface area contributed by atoms with E-state index >= 15 is 0 Å². The first-order valence-electron chi connectivity index (χ1n) is 6.11. The van der Waals surface area contributed by atoms with Gasteiger partial charge in [0.1, 0.15) is 11.6 Å². The van der Waals surface area contributed by atoms with Gasteiger partial charge in [-0.15, -0.1) is 13.2 Å². The van der Waals surface area contributed by atoms with Crippen LogP contribution in [0.3, 0.4) is 0 Å². The molecule has 0 aromatic heterocycles. The van der Waals surface area contributed by atoms with Gasteiger partial charge in [0.05, 0.1) is 12.7 Å². The zero-order valence-corrected chi connectivity index (χ0v) is 11.7. The minimum absolute atomic E-state index is 0.0620. The van der Waals surface area contributed by atoms with Gasteiger partial charge in [-0.3, -0.25) is 4.90 Å². The first kappa shape index (κ1) is 17.7. The summed E-state index contributed by atoms with van der Waals surface area (Å²) < 4.78 is 58.5. The maximum absolute atomic E-state index is 13.1. The fourth-order valence-electron chi connectivity index (χ4n) is 1.84. The van der Waals surface area contributed by atoms with Crippen molar-refractivity contribution in [2.24, 2.45) is 0 Å². The minimum Gasteiger partial charge on any atom is -0.405 e. The zero-order chi connectivity index (χ0) is 16.0. The molecule has 0 amide bonds. The van der Waals surface area contributed by atoms with E-state index in [1.807, 2.05) is 0 Å². The molecule has 0 fully saturated rings. The number of halogens is 4. The molecule has 8 heteroatoms. The summed E-state index contributed by atoms with van der Waals surface area (Å²) in [6, 6.07) is 2.95. The van der Waals surface area contributed by atoms with Crippen LogP contribution in [0.4, 0.5) is 17.6 Å². The highest BCUT2D eigenvalue weighted by Crippen LogP contribution is 2.28. The molecule has 1 unspecified atom stereocenters. The van der Waals surface area contributed by atoms with E-state index in [1.165, 1.54) is 13.2 Å². The summed E-state index contributed by atoms with van der Waals surface area (Å²) in [5, 5.41) is 9.56. The van der Waals surface area contributed by atoms with Crippen molar-refractivity contribution >= 4 is 0 Å². The number of rotatable bonds is 7. The van der Waals surface area contributed by atoms with Gasteiger partial charge in [-0.05, 0) is 13.1 Å². The summed E-state index contributed by atoms with van der Waals surface area (Å²) >= 11 is 0. The molecule has 0 saturated heterocycles. The molecule has 0 aliphatic rings. The molecule has 1 rings (SSSR count). The standard InChI is InChI=1S/C13H17F4NO3/c1-18(7-11(19)8-20-2)6-9-3-4-10(14)5-12(9)21-13(15,16)17/h3-5,11,19H,6-8H2,1-2H3. The first-order valence-corrected chi connectivity index (χ1v) is 6.11. The fourth-order valence-corrected chi connectivity index (χ4v) is 1.84. The van der Waals surface area contributed by atoms with Gasteiger partial charge in [-0.25, -0.2) is 4.39 Å². The molecule has 120 valence electrons. The summed E-state index contributed by atoms with van der Waals surface area (Å²) in [7, 11) is 3.04. The van der Waals surface area contributed by atoms with Crippen LogP contribution in [-0.2, 0) is 11.3 Å². The normalized spacial score (nSPS) is 13.5. The van der Waals surface area contributed by atoms with Crippen LogP contribution < -0.4 is 4.74 Å². The predicted molar refractivity (Wildman–Crippen MR) is 67.3 cm³/mol. The lowest BCUT2D eigenvalue weighted by Gasteiger charge is -2.22. The minimum atomic E-state index is -4.89. The van der Waals surface area contributed by atoms with Crippen LogP contribution in [0.25, 0.3) is 0 Å². The average molecular weight is 311 g/mol. The summed E-state index contributed by atoms with van der Waals surface area (Å²) in [6.07, 6.45) is -5.66. The van der Waals surface area contributed by atoms with Crippen LogP contribution >= 0.6 is 0 Å². The number of methoxy groups -OCH3 is 1. The van der Waals surface area contributed by atoms with Gasteiger partial charge < -0.3 is 14.6 Å². The second kappa shape index (κ2) is 7.58. The Labute approximate surface area is 119 Å². The van der Waals surface area contributed by atoms with Crippen LogP contribution in [0.15, 0.2) is 18.2 Å². The molecule has 0 saturated carbocycles. The summed E-state index contributed by atoms with van der Waals surface area (Å²) in [5.41, 5.74) is 0.167. The van der Waals surface area contributed by atoms with E-state index < -0.39 is 24.0 Å². The number of aliphatic hydroxyl groups excluding tert-OH is 1. The van der Waals surface area contributed by atoms with Gasteiger partial charge in [0.15, 0.2) is 0 Å². The van der Waals surface area contributed by atoms with E-state index in [0.29, 0.717) is 6.07 Å². The van der Waals surface area contributed by atoms with Gasteiger partial charge in [0.2, 0.25) is 0 Å². The van der Waals surface area contributed by atoms with Crippen molar-refractivity contribution in [2.45, 2.75) is 19.0 Å². The molecule has 1 aromatic rings. The molecular formula is C13H17F4NO3. The van der Waals surface area contributed by atoms with Crippen molar-refractivity contribution in [3.05, 3.63) is 29.6 Å². The van der Waals surface area contributed by atoms with E-state index in [0.717, 1.165) is 6.07 Å². The van der Waals surface area contributed by atoms with E-state index in [-0.39, 0.29) is 25.3 Å². The third kappa shape index (κ3) is 6.74. The van der Waals surface area contributed by atoms with Crippen molar-refractivity contribution < 1.29 is 32.1 Å². The maximum atomic E-state index is 13.1. The molecule has 0 aliphatic heterocycles. The number of benzene rings is 1. The third-order valence-electron chi connectivity index (χ3n) is 2.58. The predicted octanol–water partition coefficient (Wildman–Crippen LogP) is 2.16. The molecule has 4 nitrogen and oxygen atoms in total. The molecule has 0 heterocycles. The topological polar surface area (TPSA) is 41.9 Å². The van der Waals surface area contributed by atoms with Crippen molar-refractivity contribution in [2.75, 3.05) is 27.3 Å². The number of nitrogens with zero attached hydrogens (tertiary/aromatic N) is 1. The number of likely N-dealkylation sites (N-methyl/N-ethyl adjacent to an activating group) is 1. The maximum Gasteiger partial charge on any atom is 0.573 e. The lowest BCUT2D eigenvalue weighted by atomic mass is 10.2. The first-order chi connectivity index (χ1) is 9.71. The van der Waals surface area contributed by atoms with Gasteiger partial charge in [0.25, 0.3) is 0 Å². The average Bonchev–Trinajstić information content (AvgIpc) is 2.30. The van der Waals surface area contributed by atoms with Crippen molar-refractivity contribution in [1.82, 2.24) is 4.90 Å². The molecule has 0 spiro atoms. The Hall–Kier alpha value is -1.38. The summed E-state index contributed by atoms with van der Waals surface area (Å²) in [4.78, 5) is 1.58. The van der Waals surface area contributed by atoms with Crippen molar-refractivity contribution in [1.29, 1.82) is 0 Å². The largest absolute Gasteiger partial charge is 0.573 e.